The molecule has 0 N–H and O–H groups in total. The van der Waals surface area contributed by atoms with Gasteiger partial charge in [-0.05, 0) is 25.3 Å². The van der Waals surface area contributed by atoms with Gasteiger partial charge in [-0.25, -0.2) is 0 Å². The average molecular weight is 208 g/mol. The van der Waals surface area contributed by atoms with Crippen molar-refractivity contribution in [1.82, 2.24) is 9.78 Å². The van der Waals surface area contributed by atoms with Crippen LogP contribution < -0.4 is 0 Å². The van der Waals surface area contributed by atoms with Crippen molar-refractivity contribution in [3.8, 4) is 0 Å². The average Bonchev–Trinajstić information content (AvgIpc) is 2.57. The van der Waals surface area contributed by atoms with E-state index < -0.39 is 0 Å². The Labute approximate surface area is 91.5 Å². The topological polar surface area (TPSA) is 34.9 Å². The lowest BCUT2D eigenvalue weighted by atomic mass is 10.1. The van der Waals surface area contributed by atoms with Crippen molar-refractivity contribution in [2.45, 2.75) is 46.0 Å². The van der Waals surface area contributed by atoms with Crippen LogP contribution in [0.2, 0.25) is 0 Å². The summed E-state index contributed by atoms with van der Waals surface area (Å²) in [6.07, 6.45) is 4.08. The summed E-state index contributed by atoms with van der Waals surface area (Å²) in [6.45, 7) is 4.13. The van der Waals surface area contributed by atoms with Gasteiger partial charge in [0.15, 0.2) is 0 Å². The number of hydrogen-bond donors (Lipinski definition) is 0. The van der Waals surface area contributed by atoms with E-state index in [-0.39, 0.29) is 0 Å². The molecule has 0 bridgehead atoms. The zero-order chi connectivity index (χ0) is 11.3. The van der Waals surface area contributed by atoms with Crippen LogP contribution in [0.4, 0.5) is 0 Å². The normalized spacial score (nSPS) is 10.6. The van der Waals surface area contributed by atoms with Crippen LogP contribution in [0.1, 0.15) is 44.5 Å². The minimum Gasteiger partial charge on any atom is -0.300 e. The molecule has 3 heteroatoms. The molecular formula is C12H20N2O. The molecule has 0 unspecified atom stereocenters. The van der Waals surface area contributed by atoms with Crippen LogP contribution in [-0.4, -0.2) is 15.6 Å². The van der Waals surface area contributed by atoms with Crippen molar-refractivity contribution < 1.29 is 4.79 Å². The zero-order valence-corrected chi connectivity index (χ0v) is 9.92. The number of Topliss-reactive ketones (excluding diaryl/α,β-unsaturated/α-hetero) is 1. The smallest absolute Gasteiger partial charge is 0.133 e. The van der Waals surface area contributed by atoms with Crippen molar-refractivity contribution in [3.63, 3.8) is 0 Å². The summed E-state index contributed by atoms with van der Waals surface area (Å²) >= 11 is 0. The van der Waals surface area contributed by atoms with Gasteiger partial charge in [0.2, 0.25) is 0 Å². The maximum absolute atomic E-state index is 11.4. The Morgan fingerprint density at radius 2 is 2.13 bits per heavy atom. The number of ketones is 1. The molecule has 0 saturated heterocycles. The fourth-order valence-electron chi connectivity index (χ4n) is 1.65. The lowest BCUT2D eigenvalue weighted by Gasteiger charge is -2.00. The van der Waals surface area contributed by atoms with E-state index in [1.165, 1.54) is 0 Å². The first-order valence-corrected chi connectivity index (χ1v) is 5.70. The first-order valence-electron chi connectivity index (χ1n) is 5.70. The number of aromatic nitrogens is 2. The third-order valence-corrected chi connectivity index (χ3v) is 2.58. The molecule has 1 rings (SSSR count). The molecule has 1 aromatic rings. The highest BCUT2D eigenvalue weighted by Crippen LogP contribution is 2.08. The second-order valence-electron chi connectivity index (χ2n) is 3.89. The van der Waals surface area contributed by atoms with Crippen LogP contribution in [0.15, 0.2) is 6.07 Å². The van der Waals surface area contributed by atoms with Gasteiger partial charge in [-0.1, -0.05) is 13.8 Å². The van der Waals surface area contributed by atoms with Gasteiger partial charge in [-0.2, -0.15) is 5.10 Å². The van der Waals surface area contributed by atoms with Gasteiger partial charge in [0.25, 0.3) is 0 Å². The van der Waals surface area contributed by atoms with Gasteiger partial charge in [0.05, 0.1) is 5.69 Å². The monoisotopic (exact) mass is 208 g/mol. The molecule has 15 heavy (non-hydrogen) atoms. The second kappa shape index (κ2) is 5.69. The molecule has 1 heterocycles. The Balaban J connectivity index is 2.49. The minimum atomic E-state index is 0.358. The van der Waals surface area contributed by atoms with E-state index in [0.29, 0.717) is 18.6 Å². The fraction of sp³-hybridized carbons (Fsp3) is 0.667. The van der Waals surface area contributed by atoms with Crippen LogP contribution in [0, 0.1) is 0 Å². The predicted molar refractivity (Wildman–Crippen MR) is 60.8 cm³/mol. The molecule has 84 valence electrons. The van der Waals surface area contributed by atoms with Gasteiger partial charge < -0.3 is 0 Å². The summed E-state index contributed by atoms with van der Waals surface area (Å²) < 4.78 is 1.89. The van der Waals surface area contributed by atoms with Crippen molar-refractivity contribution in [1.29, 1.82) is 0 Å². The standard InChI is InChI=1S/C12H20N2O/c1-4-6-12(15)8-7-11-9-10(5-2)13-14(11)3/h9H,4-8H2,1-3H3. The minimum absolute atomic E-state index is 0.358. The van der Waals surface area contributed by atoms with Gasteiger partial charge in [-0.3, -0.25) is 9.48 Å². The molecule has 0 aliphatic heterocycles. The largest absolute Gasteiger partial charge is 0.300 e. The summed E-state index contributed by atoms with van der Waals surface area (Å²) in [5.74, 6) is 0.358. The Hall–Kier alpha value is -1.12. The van der Waals surface area contributed by atoms with Crippen molar-refractivity contribution in [2.75, 3.05) is 0 Å². The maximum Gasteiger partial charge on any atom is 0.133 e. The number of aryl methyl sites for hydroxylation is 3. The predicted octanol–water partition coefficient (Wildman–Crippen LogP) is 2.28. The molecule has 0 amide bonds. The molecule has 0 fully saturated rings. The van der Waals surface area contributed by atoms with E-state index in [9.17, 15) is 4.79 Å². The maximum atomic E-state index is 11.4. The van der Waals surface area contributed by atoms with Crippen molar-refractivity contribution in [2.24, 2.45) is 7.05 Å². The van der Waals surface area contributed by atoms with E-state index in [4.69, 9.17) is 0 Å². The molecule has 3 nitrogen and oxygen atoms in total. The fourth-order valence-corrected chi connectivity index (χ4v) is 1.65. The van der Waals surface area contributed by atoms with E-state index in [1.807, 2.05) is 18.7 Å². The van der Waals surface area contributed by atoms with Crippen LogP contribution in [0.3, 0.4) is 0 Å². The summed E-state index contributed by atoms with van der Waals surface area (Å²) in [7, 11) is 1.94. The molecule has 0 aliphatic carbocycles. The van der Waals surface area contributed by atoms with Gasteiger partial charge in [0.1, 0.15) is 5.78 Å². The number of carbonyl (C=O) groups is 1. The molecule has 1 aromatic heterocycles. The van der Waals surface area contributed by atoms with E-state index in [1.54, 1.807) is 0 Å². The SMILES string of the molecule is CCCC(=O)CCc1cc(CC)nn1C. The Bertz CT molecular complexity index is 328. The summed E-state index contributed by atoms with van der Waals surface area (Å²) in [6, 6.07) is 2.10. The lowest BCUT2D eigenvalue weighted by Crippen LogP contribution is -2.03. The van der Waals surface area contributed by atoms with Gasteiger partial charge in [-0.15, -0.1) is 0 Å². The number of rotatable bonds is 6. The van der Waals surface area contributed by atoms with Crippen molar-refractivity contribution in [3.05, 3.63) is 17.5 Å². The number of nitrogens with zero attached hydrogens (tertiary/aromatic N) is 2. The highest BCUT2D eigenvalue weighted by molar-refractivity contribution is 5.78. The summed E-state index contributed by atoms with van der Waals surface area (Å²) in [4.78, 5) is 11.4. The van der Waals surface area contributed by atoms with Crippen LogP contribution >= 0.6 is 0 Å². The van der Waals surface area contributed by atoms with Crippen LogP contribution in [0.25, 0.3) is 0 Å². The molecule has 0 radical (unpaired) electrons. The second-order valence-corrected chi connectivity index (χ2v) is 3.89. The number of hydrogen-bond acceptors (Lipinski definition) is 2. The van der Waals surface area contributed by atoms with E-state index >= 15 is 0 Å². The highest BCUT2D eigenvalue weighted by Gasteiger charge is 2.06. The summed E-state index contributed by atoms with van der Waals surface area (Å²) in [5.41, 5.74) is 2.27. The van der Waals surface area contributed by atoms with Gasteiger partial charge >= 0.3 is 0 Å². The first-order chi connectivity index (χ1) is 7.17. The Kier molecular flexibility index (Phi) is 4.53. The Morgan fingerprint density at radius 3 is 2.67 bits per heavy atom. The quantitative estimate of drug-likeness (QED) is 0.719. The third kappa shape index (κ3) is 3.50. The van der Waals surface area contributed by atoms with Crippen LogP contribution in [-0.2, 0) is 24.7 Å². The molecule has 0 saturated carbocycles. The lowest BCUT2D eigenvalue weighted by molar-refractivity contribution is -0.119. The van der Waals surface area contributed by atoms with Crippen LogP contribution in [0.5, 0.6) is 0 Å². The summed E-state index contributed by atoms with van der Waals surface area (Å²) in [5, 5.41) is 4.36. The molecule has 0 aliphatic rings. The molecule has 0 atom stereocenters. The molecule has 0 aromatic carbocycles. The molecule has 0 spiro atoms. The Morgan fingerprint density at radius 1 is 1.40 bits per heavy atom. The van der Waals surface area contributed by atoms with E-state index in [0.717, 1.165) is 30.7 Å². The van der Waals surface area contributed by atoms with Gasteiger partial charge in [0, 0.05) is 25.6 Å². The van der Waals surface area contributed by atoms with E-state index in [2.05, 4.69) is 18.1 Å². The van der Waals surface area contributed by atoms with Crippen molar-refractivity contribution >= 4 is 5.78 Å². The number of carbonyl (C=O) groups excluding carboxylic acids is 1. The highest BCUT2D eigenvalue weighted by atomic mass is 16.1. The zero-order valence-electron chi connectivity index (χ0n) is 9.92. The third-order valence-electron chi connectivity index (χ3n) is 2.58. The first kappa shape index (κ1) is 12.0. The molecular weight excluding hydrogens is 188 g/mol.